The number of nitrogens with zero attached hydrogens (tertiary/aromatic N) is 4. The highest BCUT2D eigenvalue weighted by Crippen LogP contribution is 2.47. The van der Waals surface area contributed by atoms with Gasteiger partial charge in [0.1, 0.15) is 10.7 Å². The van der Waals surface area contributed by atoms with Gasteiger partial charge < -0.3 is 9.32 Å². The molecule has 2 aliphatic rings. The number of benzene rings is 1. The molecule has 0 radical (unpaired) electrons. The van der Waals surface area contributed by atoms with Gasteiger partial charge >= 0.3 is 0 Å². The van der Waals surface area contributed by atoms with Gasteiger partial charge in [-0.05, 0) is 12.1 Å². The van der Waals surface area contributed by atoms with Crippen LogP contribution in [-0.4, -0.2) is 64.7 Å². The van der Waals surface area contributed by atoms with Crippen LogP contribution in [0.1, 0.15) is 11.8 Å². The first-order valence-electron chi connectivity index (χ1n) is 8.28. The summed E-state index contributed by atoms with van der Waals surface area (Å²) in [6.07, 6.45) is 0. The van der Waals surface area contributed by atoms with E-state index in [1.807, 2.05) is 0 Å². The van der Waals surface area contributed by atoms with Crippen LogP contribution in [0.15, 0.2) is 33.6 Å². The second-order valence-electron chi connectivity index (χ2n) is 6.85. The Labute approximate surface area is 158 Å². The van der Waals surface area contributed by atoms with E-state index in [2.05, 4.69) is 10.2 Å². The average Bonchev–Trinajstić information content (AvgIpc) is 3.20. The fraction of sp³-hybridized carbons (Fsp3) is 0.438. The second-order valence-corrected chi connectivity index (χ2v) is 8.75. The number of alkyl halides is 2. The van der Waals surface area contributed by atoms with E-state index in [0.29, 0.717) is 4.31 Å². The summed E-state index contributed by atoms with van der Waals surface area (Å²) in [7, 11) is -4.52. The first kappa shape index (κ1) is 18.9. The highest BCUT2D eigenvalue weighted by molar-refractivity contribution is 7.89. The molecule has 12 heteroatoms. The molecule has 0 N–H and O–H groups in total. The van der Waals surface area contributed by atoms with Gasteiger partial charge in [0.25, 0.3) is 5.91 Å². The van der Waals surface area contributed by atoms with Gasteiger partial charge in [0, 0.05) is 6.92 Å². The van der Waals surface area contributed by atoms with Crippen molar-refractivity contribution >= 4 is 15.9 Å². The maximum absolute atomic E-state index is 15.4. The molecule has 28 heavy (non-hydrogen) atoms. The molecule has 1 aromatic carbocycles. The van der Waals surface area contributed by atoms with Gasteiger partial charge in [-0.2, -0.15) is 4.31 Å². The summed E-state index contributed by atoms with van der Waals surface area (Å²) in [4.78, 5) is 12.7. The van der Waals surface area contributed by atoms with Gasteiger partial charge in [0.05, 0.1) is 26.2 Å². The topological polar surface area (TPSA) is 96.6 Å². The maximum Gasteiger partial charge on any atom is 0.265 e. The fourth-order valence-electron chi connectivity index (χ4n) is 3.56. The molecular weight excluding hydrogens is 401 g/mol. The van der Waals surface area contributed by atoms with Crippen molar-refractivity contribution < 1.29 is 30.8 Å². The number of rotatable bonds is 4. The molecule has 8 nitrogen and oxygen atoms in total. The third-order valence-corrected chi connectivity index (χ3v) is 6.77. The van der Waals surface area contributed by atoms with Crippen molar-refractivity contribution in [1.82, 2.24) is 19.4 Å². The Morgan fingerprint density at radius 3 is 2.50 bits per heavy atom. The molecule has 0 aliphatic carbocycles. The minimum atomic E-state index is -4.52. The lowest BCUT2D eigenvalue weighted by Crippen LogP contribution is -2.47. The molecule has 2 atom stereocenters. The molecule has 2 fully saturated rings. The summed E-state index contributed by atoms with van der Waals surface area (Å²) >= 11 is 0. The molecule has 0 spiro atoms. The molecule has 2 aromatic rings. The molecule has 0 unspecified atom stereocenters. The predicted molar refractivity (Wildman–Crippen MR) is 87.3 cm³/mol. The van der Waals surface area contributed by atoms with E-state index in [0.717, 1.165) is 17.0 Å². The van der Waals surface area contributed by atoms with Crippen molar-refractivity contribution in [3.8, 4) is 0 Å². The zero-order valence-corrected chi connectivity index (χ0v) is 15.4. The summed E-state index contributed by atoms with van der Waals surface area (Å²) < 4.78 is 75.6. The van der Waals surface area contributed by atoms with E-state index >= 15 is 8.78 Å². The third-order valence-electron chi connectivity index (χ3n) is 4.95. The Hall–Kier alpha value is -2.47. The van der Waals surface area contributed by atoms with Gasteiger partial charge in [-0.25, -0.2) is 21.6 Å². The van der Waals surface area contributed by atoms with Gasteiger partial charge in [-0.15, -0.1) is 10.2 Å². The first-order chi connectivity index (χ1) is 13.1. The molecule has 150 valence electrons. The van der Waals surface area contributed by atoms with Gasteiger partial charge in [0.2, 0.25) is 27.5 Å². The fourth-order valence-corrected chi connectivity index (χ4v) is 5.13. The number of likely N-dealkylation sites (tertiary alicyclic amines) is 1. The number of carbonyl (C=O) groups excluding carboxylic acids is 1. The van der Waals surface area contributed by atoms with Crippen LogP contribution in [0, 0.1) is 12.7 Å². The van der Waals surface area contributed by atoms with Gasteiger partial charge in [-0.1, -0.05) is 12.1 Å². The molecular formula is C16H15F3N4O4S. The lowest BCUT2D eigenvalue weighted by molar-refractivity contribution is -0.139. The summed E-state index contributed by atoms with van der Waals surface area (Å²) in [5.74, 6) is -2.01. The Bertz CT molecular complexity index is 1060. The smallest absolute Gasteiger partial charge is 0.265 e. The minimum Gasteiger partial charge on any atom is -0.424 e. The highest BCUT2D eigenvalue weighted by atomic mass is 32.2. The Kier molecular flexibility index (Phi) is 4.05. The van der Waals surface area contributed by atoms with Crippen LogP contribution in [0.4, 0.5) is 13.2 Å². The minimum absolute atomic E-state index is 0.00820. The predicted octanol–water partition coefficient (Wildman–Crippen LogP) is 0.980. The number of hydrogen-bond acceptors (Lipinski definition) is 6. The molecule has 4 rings (SSSR count). The summed E-state index contributed by atoms with van der Waals surface area (Å²) in [5.41, 5.74) is -5.86. The van der Waals surface area contributed by atoms with Crippen LogP contribution in [0.3, 0.4) is 0 Å². The van der Waals surface area contributed by atoms with Crippen LogP contribution in [0.5, 0.6) is 0 Å². The number of sulfonamides is 1. The van der Waals surface area contributed by atoms with E-state index in [9.17, 15) is 17.6 Å². The van der Waals surface area contributed by atoms with Crippen molar-refractivity contribution in [2.45, 2.75) is 29.7 Å². The average molecular weight is 416 g/mol. The normalized spacial score (nSPS) is 28.1. The lowest BCUT2D eigenvalue weighted by atomic mass is 9.93. The summed E-state index contributed by atoms with van der Waals surface area (Å²) in [6.45, 7) is -1.41. The SMILES string of the molecule is Cc1nnc(CN2C[C@@]3(F)CN(S(=O)(=O)c4ccccc4F)C[C@@]3(F)C2=O)o1. The monoisotopic (exact) mass is 416 g/mol. The van der Waals surface area contributed by atoms with Crippen molar-refractivity contribution in [1.29, 1.82) is 0 Å². The molecule has 0 saturated carbocycles. The van der Waals surface area contributed by atoms with Crippen LogP contribution >= 0.6 is 0 Å². The number of fused-ring (bicyclic) bond motifs is 1. The van der Waals surface area contributed by atoms with Crippen LogP contribution in [0.2, 0.25) is 0 Å². The molecule has 2 saturated heterocycles. The van der Waals surface area contributed by atoms with Crippen molar-refractivity contribution in [2.24, 2.45) is 0 Å². The van der Waals surface area contributed by atoms with Crippen molar-refractivity contribution in [3.63, 3.8) is 0 Å². The number of hydrogen-bond donors (Lipinski definition) is 0. The first-order valence-corrected chi connectivity index (χ1v) is 9.72. The number of carbonyl (C=O) groups is 1. The van der Waals surface area contributed by atoms with E-state index < -0.39 is 57.6 Å². The van der Waals surface area contributed by atoms with Crippen LogP contribution in [0.25, 0.3) is 0 Å². The van der Waals surface area contributed by atoms with E-state index in [4.69, 9.17) is 4.42 Å². The van der Waals surface area contributed by atoms with Crippen LogP contribution < -0.4 is 0 Å². The van der Waals surface area contributed by atoms with E-state index in [-0.39, 0.29) is 18.3 Å². The largest absolute Gasteiger partial charge is 0.424 e. The van der Waals surface area contributed by atoms with E-state index in [1.54, 1.807) is 0 Å². The maximum atomic E-state index is 15.4. The molecule has 0 bridgehead atoms. The highest BCUT2D eigenvalue weighted by Gasteiger charge is 2.72. The third kappa shape index (κ3) is 2.62. The number of aryl methyl sites for hydroxylation is 1. The van der Waals surface area contributed by atoms with Crippen molar-refractivity contribution in [2.75, 3.05) is 19.6 Å². The Balaban J connectivity index is 1.60. The number of halogens is 3. The standard InChI is InChI=1S/C16H15F3N4O4S/c1-10-20-21-13(27-10)6-22-7-15(18)8-23(9-16(15,19)14(22)24)28(25,26)12-5-3-2-4-11(12)17/h2-5H,6-9H2,1H3/t15-,16-/m1/s1. The quantitative estimate of drug-likeness (QED) is 0.737. The second kappa shape index (κ2) is 6.01. The van der Waals surface area contributed by atoms with Gasteiger partial charge in [-0.3, -0.25) is 4.79 Å². The Morgan fingerprint density at radius 2 is 1.89 bits per heavy atom. The molecule has 1 amide bonds. The zero-order chi connectivity index (χ0) is 20.3. The molecule has 2 aliphatic heterocycles. The molecule has 3 heterocycles. The van der Waals surface area contributed by atoms with Gasteiger partial charge in [0.15, 0.2) is 5.67 Å². The molecule has 1 aromatic heterocycles. The summed E-state index contributed by atoms with van der Waals surface area (Å²) in [5, 5.41) is 7.26. The summed E-state index contributed by atoms with van der Waals surface area (Å²) in [6, 6.07) is 4.52. The van der Waals surface area contributed by atoms with Crippen molar-refractivity contribution in [3.05, 3.63) is 41.9 Å². The number of amides is 1. The Morgan fingerprint density at radius 1 is 1.18 bits per heavy atom. The van der Waals surface area contributed by atoms with E-state index in [1.165, 1.54) is 19.1 Å². The van der Waals surface area contributed by atoms with Crippen LogP contribution in [-0.2, 0) is 21.4 Å². The number of aromatic nitrogens is 2. The lowest BCUT2D eigenvalue weighted by Gasteiger charge is -2.21. The zero-order valence-electron chi connectivity index (χ0n) is 14.6.